The van der Waals surface area contributed by atoms with Gasteiger partial charge in [-0.15, -0.1) is 5.10 Å². The molecular weight excluding hydrogens is 254 g/mol. The summed E-state index contributed by atoms with van der Waals surface area (Å²) < 4.78 is 0. The number of carboxylic acids is 1. The van der Waals surface area contributed by atoms with Gasteiger partial charge in [-0.3, -0.25) is 0 Å². The van der Waals surface area contributed by atoms with E-state index in [9.17, 15) is 9.90 Å². The van der Waals surface area contributed by atoms with Crippen molar-refractivity contribution >= 4 is 11.8 Å². The molecule has 0 spiro atoms. The Labute approximate surface area is 120 Å². The molecule has 0 unspecified atom stereocenters. The highest BCUT2D eigenvalue weighted by Crippen LogP contribution is 2.21. The number of aromatic nitrogens is 2. The summed E-state index contributed by atoms with van der Waals surface area (Å²) in [6, 6.07) is 0. The first-order chi connectivity index (χ1) is 9.58. The molecule has 1 rings (SSSR count). The zero-order valence-corrected chi connectivity index (χ0v) is 12.9. The normalized spacial score (nSPS) is 10.8. The van der Waals surface area contributed by atoms with E-state index in [2.05, 4.69) is 29.4 Å². The minimum absolute atomic E-state index is 0.283. The van der Waals surface area contributed by atoms with Gasteiger partial charge in [0.15, 0.2) is 5.82 Å². The molecule has 0 saturated carbocycles. The number of rotatable bonds is 8. The maximum Gasteiger partial charge on any atom is 0.339 e. The summed E-state index contributed by atoms with van der Waals surface area (Å²) in [4.78, 5) is 11.5. The van der Waals surface area contributed by atoms with E-state index in [4.69, 9.17) is 0 Å². The van der Waals surface area contributed by atoms with Crippen LogP contribution in [0, 0.1) is 5.92 Å². The summed E-state index contributed by atoms with van der Waals surface area (Å²) in [5.74, 6) is -0.00804. The quantitative estimate of drug-likeness (QED) is 0.764. The van der Waals surface area contributed by atoms with Gasteiger partial charge >= 0.3 is 5.97 Å². The van der Waals surface area contributed by atoms with E-state index in [1.807, 2.05) is 13.8 Å². The topological polar surface area (TPSA) is 75.1 Å². The summed E-state index contributed by atoms with van der Waals surface area (Å²) in [7, 11) is 0. The van der Waals surface area contributed by atoms with E-state index in [0.29, 0.717) is 24.6 Å². The number of nitrogens with one attached hydrogen (secondary N) is 1. The maximum absolute atomic E-state index is 11.5. The van der Waals surface area contributed by atoms with Crippen molar-refractivity contribution in [2.75, 3.05) is 11.9 Å². The SMILES string of the molecule is CCc1nnc(NCC(CC)CC)c(C(=O)O)c1CC. The molecule has 20 heavy (non-hydrogen) atoms. The molecule has 0 radical (unpaired) electrons. The Kier molecular flexibility index (Phi) is 6.42. The predicted octanol–water partition coefficient (Wildman–Crippen LogP) is 3.15. The fraction of sp³-hybridized carbons (Fsp3) is 0.667. The molecule has 0 fully saturated rings. The highest BCUT2D eigenvalue weighted by Gasteiger charge is 2.20. The molecule has 5 nitrogen and oxygen atoms in total. The van der Waals surface area contributed by atoms with E-state index < -0.39 is 5.97 Å². The van der Waals surface area contributed by atoms with E-state index in [1.165, 1.54) is 0 Å². The molecule has 0 aliphatic heterocycles. The number of hydrogen-bond acceptors (Lipinski definition) is 4. The van der Waals surface area contributed by atoms with E-state index in [-0.39, 0.29) is 5.56 Å². The molecule has 0 aliphatic rings. The van der Waals surface area contributed by atoms with Crippen LogP contribution in [-0.4, -0.2) is 27.8 Å². The van der Waals surface area contributed by atoms with Gasteiger partial charge in [0.25, 0.3) is 0 Å². The van der Waals surface area contributed by atoms with E-state index >= 15 is 0 Å². The third-order valence-electron chi connectivity index (χ3n) is 3.77. The van der Waals surface area contributed by atoms with Crippen LogP contribution in [0.25, 0.3) is 0 Å². The van der Waals surface area contributed by atoms with Crippen LogP contribution < -0.4 is 5.32 Å². The van der Waals surface area contributed by atoms with E-state index in [1.54, 1.807) is 0 Å². The molecule has 5 heteroatoms. The predicted molar refractivity (Wildman–Crippen MR) is 80.3 cm³/mol. The lowest BCUT2D eigenvalue weighted by atomic mass is 10.0. The fourth-order valence-electron chi connectivity index (χ4n) is 2.35. The maximum atomic E-state index is 11.5. The summed E-state index contributed by atoms with van der Waals surface area (Å²) >= 11 is 0. The molecule has 0 aliphatic carbocycles. The number of nitrogens with zero attached hydrogens (tertiary/aromatic N) is 2. The second-order valence-electron chi connectivity index (χ2n) is 4.92. The largest absolute Gasteiger partial charge is 0.478 e. The van der Waals surface area contributed by atoms with Gasteiger partial charge in [-0.1, -0.05) is 40.5 Å². The van der Waals surface area contributed by atoms with Crippen molar-refractivity contribution in [3.05, 3.63) is 16.8 Å². The molecule has 0 atom stereocenters. The highest BCUT2D eigenvalue weighted by molar-refractivity contribution is 5.95. The van der Waals surface area contributed by atoms with Gasteiger partial charge < -0.3 is 10.4 Å². The number of anilines is 1. The van der Waals surface area contributed by atoms with Crippen LogP contribution >= 0.6 is 0 Å². The molecular formula is C15H25N3O2. The van der Waals surface area contributed by atoms with Crippen molar-refractivity contribution in [3.63, 3.8) is 0 Å². The molecule has 0 aromatic carbocycles. The van der Waals surface area contributed by atoms with Gasteiger partial charge in [0.2, 0.25) is 0 Å². The average molecular weight is 279 g/mol. The fourth-order valence-corrected chi connectivity index (χ4v) is 2.35. The Morgan fingerprint density at radius 2 is 1.80 bits per heavy atom. The molecule has 0 amide bonds. The van der Waals surface area contributed by atoms with Crippen molar-refractivity contribution in [3.8, 4) is 0 Å². The van der Waals surface area contributed by atoms with Crippen molar-refractivity contribution in [1.29, 1.82) is 0 Å². The minimum atomic E-state index is -0.932. The molecule has 1 aromatic rings. The van der Waals surface area contributed by atoms with Gasteiger partial charge in [0.1, 0.15) is 5.56 Å². The highest BCUT2D eigenvalue weighted by atomic mass is 16.4. The van der Waals surface area contributed by atoms with Crippen molar-refractivity contribution in [1.82, 2.24) is 10.2 Å². The molecule has 1 aromatic heterocycles. The summed E-state index contributed by atoms with van der Waals surface area (Å²) in [6.45, 7) is 8.92. The van der Waals surface area contributed by atoms with Crippen LogP contribution in [-0.2, 0) is 12.8 Å². The Morgan fingerprint density at radius 1 is 1.15 bits per heavy atom. The lowest BCUT2D eigenvalue weighted by Crippen LogP contribution is -2.19. The second-order valence-corrected chi connectivity index (χ2v) is 4.92. The third kappa shape index (κ3) is 3.68. The Balaban J connectivity index is 3.10. The third-order valence-corrected chi connectivity index (χ3v) is 3.77. The zero-order valence-electron chi connectivity index (χ0n) is 12.9. The second kappa shape index (κ2) is 7.82. The lowest BCUT2D eigenvalue weighted by molar-refractivity contribution is 0.0696. The van der Waals surface area contributed by atoms with Crippen molar-refractivity contribution < 1.29 is 9.90 Å². The first-order valence-electron chi connectivity index (χ1n) is 7.44. The molecule has 2 N–H and O–H groups in total. The van der Waals surface area contributed by atoms with Crippen LogP contribution in [0.2, 0.25) is 0 Å². The van der Waals surface area contributed by atoms with Gasteiger partial charge in [-0.2, -0.15) is 5.10 Å². The molecule has 1 heterocycles. The van der Waals surface area contributed by atoms with Crippen LogP contribution in [0.5, 0.6) is 0 Å². The number of aromatic carboxylic acids is 1. The number of carbonyl (C=O) groups is 1. The first-order valence-corrected chi connectivity index (χ1v) is 7.44. The molecule has 112 valence electrons. The Hall–Kier alpha value is -1.65. The monoisotopic (exact) mass is 279 g/mol. The van der Waals surface area contributed by atoms with Gasteiger partial charge in [-0.25, -0.2) is 4.79 Å². The number of carboxylic acid groups (broad SMARTS) is 1. The van der Waals surface area contributed by atoms with Crippen LogP contribution in [0.1, 0.15) is 62.2 Å². The van der Waals surface area contributed by atoms with Crippen molar-refractivity contribution in [2.24, 2.45) is 5.92 Å². The minimum Gasteiger partial charge on any atom is -0.478 e. The molecule has 0 saturated heterocycles. The van der Waals surface area contributed by atoms with Crippen LogP contribution in [0.15, 0.2) is 0 Å². The standard InChI is InChI=1S/C15H25N3O2/c1-5-10(6-2)9-16-14-13(15(19)20)11(7-3)12(8-4)17-18-14/h10H,5-9H2,1-4H3,(H,16,18)(H,19,20). The average Bonchev–Trinajstić information content (AvgIpc) is 2.46. The summed E-state index contributed by atoms with van der Waals surface area (Å²) in [5.41, 5.74) is 1.85. The first kappa shape index (κ1) is 16.4. The number of hydrogen-bond donors (Lipinski definition) is 2. The summed E-state index contributed by atoms with van der Waals surface area (Å²) in [5, 5.41) is 20.9. The van der Waals surface area contributed by atoms with E-state index in [0.717, 1.165) is 30.6 Å². The van der Waals surface area contributed by atoms with Crippen molar-refractivity contribution in [2.45, 2.75) is 53.4 Å². The van der Waals surface area contributed by atoms with Crippen LogP contribution in [0.4, 0.5) is 5.82 Å². The number of aryl methyl sites for hydroxylation is 1. The smallest absolute Gasteiger partial charge is 0.339 e. The van der Waals surface area contributed by atoms with Crippen LogP contribution in [0.3, 0.4) is 0 Å². The Morgan fingerprint density at radius 3 is 2.25 bits per heavy atom. The summed E-state index contributed by atoms with van der Waals surface area (Å²) in [6.07, 6.45) is 3.48. The Bertz CT molecular complexity index is 457. The zero-order chi connectivity index (χ0) is 15.1. The molecule has 0 bridgehead atoms. The lowest BCUT2D eigenvalue weighted by Gasteiger charge is -2.17. The van der Waals surface area contributed by atoms with Gasteiger partial charge in [0, 0.05) is 6.54 Å². The van der Waals surface area contributed by atoms with Gasteiger partial charge in [0.05, 0.1) is 5.69 Å². The van der Waals surface area contributed by atoms with Gasteiger partial charge in [-0.05, 0) is 24.3 Å².